The number of anilines is 3. The van der Waals surface area contributed by atoms with Gasteiger partial charge in [-0.05, 0) is 78.6 Å². The van der Waals surface area contributed by atoms with Gasteiger partial charge in [0, 0.05) is 46.1 Å². The van der Waals surface area contributed by atoms with Gasteiger partial charge in [-0.1, -0.05) is 23.7 Å². The van der Waals surface area contributed by atoms with E-state index in [1.807, 2.05) is 0 Å². The first kappa shape index (κ1) is 26.1. The number of amides is 2. The highest BCUT2D eigenvalue weighted by Crippen LogP contribution is 2.31. The monoisotopic (exact) mass is 545 g/mol. The average molecular weight is 546 g/mol. The zero-order valence-corrected chi connectivity index (χ0v) is 21.5. The molecule has 0 aromatic heterocycles. The summed E-state index contributed by atoms with van der Waals surface area (Å²) in [4.78, 5) is 38.0. The third-order valence-corrected chi connectivity index (χ3v) is 6.76. The first-order chi connectivity index (χ1) is 18.7. The highest BCUT2D eigenvalue weighted by atomic mass is 35.5. The lowest BCUT2D eigenvalue weighted by Crippen LogP contribution is -2.18. The molecule has 5 rings (SSSR count). The molecule has 0 fully saturated rings. The molecule has 6 nitrogen and oxygen atoms in total. The molecule has 4 aromatic carbocycles. The van der Waals surface area contributed by atoms with Crippen LogP contribution in [0.15, 0.2) is 72.8 Å². The Morgan fingerprint density at radius 1 is 0.769 bits per heavy atom. The molecule has 2 amide bonds. The van der Waals surface area contributed by atoms with Gasteiger partial charge < -0.3 is 16.0 Å². The number of nitrogens with one attached hydrogen (secondary N) is 3. The molecule has 0 bridgehead atoms. The maximum atomic E-state index is 14.7. The van der Waals surface area contributed by atoms with Crippen molar-refractivity contribution < 1.29 is 23.2 Å². The molecule has 39 heavy (non-hydrogen) atoms. The van der Waals surface area contributed by atoms with E-state index in [1.165, 1.54) is 25.2 Å². The Hall–Kier alpha value is -4.56. The minimum atomic E-state index is -0.935. The van der Waals surface area contributed by atoms with Crippen molar-refractivity contribution in [2.24, 2.45) is 0 Å². The molecule has 0 radical (unpaired) electrons. The predicted molar refractivity (Wildman–Crippen MR) is 146 cm³/mol. The third-order valence-electron chi connectivity index (χ3n) is 6.53. The minimum Gasteiger partial charge on any atom is -0.355 e. The summed E-state index contributed by atoms with van der Waals surface area (Å²) in [6.45, 7) is 0. The number of hydrogen-bond donors (Lipinski definition) is 3. The van der Waals surface area contributed by atoms with E-state index in [-0.39, 0.29) is 28.6 Å². The number of carbonyl (C=O) groups is 3. The van der Waals surface area contributed by atoms with E-state index in [9.17, 15) is 23.2 Å². The first-order valence-corrected chi connectivity index (χ1v) is 12.5. The Morgan fingerprint density at radius 2 is 1.51 bits per heavy atom. The van der Waals surface area contributed by atoms with Crippen molar-refractivity contribution in [1.82, 2.24) is 5.32 Å². The Balaban J connectivity index is 1.40. The zero-order chi connectivity index (χ0) is 27.7. The molecule has 9 heteroatoms. The van der Waals surface area contributed by atoms with E-state index in [2.05, 4.69) is 16.0 Å². The van der Waals surface area contributed by atoms with Crippen LogP contribution in [-0.2, 0) is 12.8 Å². The topological polar surface area (TPSA) is 87.3 Å². The van der Waals surface area contributed by atoms with E-state index >= 15 is 0 Å². The first-order valence-electron chi connectivity index (χ1n) is 12.1. The summed E-state index contributed by atoms with van der Waals surface area (Å²) in [5.74, 6) is -2.87. The largest absolute Gasteiger partial charge is 0.355 e. The van der Waals surface area contributed by atoms with Crippen LogP contribution in [0.2, 0.25) is 5.02 Å². The Morgan fingerprint density at radius 3 is 2.28 bits per heavy atom. The van der Waals surface area contributed by atoms with Gasteiger partial charge in [-0.15, -0.1) is 0 Å². The lowest BCUT2D eigenvalue weighted by atomic mass is 9.96. The number of fused-ring (bicyclic) bond motifs is 2. The summed E-state index contributed by atoms with van der Waals surface area (Å²) < 4.78 is 29.2. The van der Waals surface area contributed by atoms with Gasteiger partial charge in [-0.25, -0.2) is 8.78 Å². The fourth-order valence-corrected chi connectivity index (χ4v) is 4.72. The second-order valence-corrected chi connectivity index (χ2v) is 9.49. The summed E-state index contributed by atoms with van der Waals surface area (Å²) in [5, 5.41) is 8.28. The predicted octanol–water partition coefficient (Wildman–Crippen LogP) is 6.30. The second kappa shape index (κ2) is 10.7. The van der Waals surface area contributed by atoms with E-state index in [1.54, 1.807) is 48.5 Å². The Labute approximate surface area is 228 Å². The van der Waals surface area contributed by atoms with Gasteiger partial charge >= 0.3 is 0 Å². The van der Waals surface area contributed by atoms with Gasteiger partial charge in [0.15, 0.2) is 5.78 Å². The van der Waals surface area contributed by atoms with Gasteiger partial charge in [0.05, 0.1) is 11.4 Å². The minimum absolute atomic E-state index is 0.0591. The molecule has 4 aromatic rings. The summed E-state index contributed by atoms with van der Waals surface area (Å²) in [6, 6.07) is 18.1. The summed E-state index contributed by atoms with van der Waals surface area (Å²) in [5.41, 5.74) is 3.38. The van der Waals surface area contributed by atoms with Crippen molar-refractivity contribution in [1.29, 1.82) is 0 Å². The maximum Gasteiger partial charge on any atom is 0.255 e. The number of ketones is 1. The molecule has 0 saturated heterocycles. The Kier molecular flexibility index (Phi) is 7.13. The van der Waals surface area contributed by atoms with E-state index < -0.39 is 17.5 Å². The van der Waals surface area contributed by atoms with Crippen molar-refractivity contribution in [3.63, 3.8) is 0 Å². The molecule has 1 aliphatic rings. The molecule has 0 aliphatic heterocycles. The number of carbonyl (C=O) groups excluding carboxylic acids is 3. The van der Waals surface area contributed by atoms with Crippen LogP contribution in [0.4, 0.5) is 25.8 Å². The lowest BCUT2D eigenvalue weighted by Gasteiger charge is -2.14. The van der Waals surface area contributed by atoms with Gasteiger partial charge in [0.2, 0.25) is 0 Å². The highest BCUT2D eigenvalue weighted by molar-refractivity contribution is 6.31. The van der Waals surface area contributed by atoms with Gasteiger partial charge in [-0.3, -0.25) is 14.4 Å². The molecule has 0 atom stereocenters. The molecule has 0 saturated carbocycles. The van der Waals surface area contributed by atoms with Crippen LogP contribution in [0, 0.1) is 11.6 Å². The van der Waals surface area contributed by atoms with Crippen molar-refractivity contribution in [3.8, 4) is 0 Å². The second-order valence-electron chi connectivity index (χ2n) is 9.05. The Bertz CT molecular complexity index is 1660. The van der Waals surface area contributed by atoms with Crippen LogP contribution in [0.25, 0.3) is 0 Å². The van der Waals surface area contributed by atoms with Crippen LogP contribution < -0.4 is 16.0 Å². The van der Waals surface area contributed by atoms with Crippen LogP contribution in [-0.4, -0.2) is 24.6 Å². The van der Waals surface area contributed by atoms with Gasteiger partial charge in [0.1, 0.15) is 11.6 Å². The van der Waals surface area contributed by atoms with Crippen LogP contribution >= 0.6 is 11.6 Å². The van der Waals surface area contributed by atoms with Crippen molar-refractivity contribution >= 4 is 46.3 Å². The fourth-order valence-electron chi connectivity index (χ4n) is 4.53. The fraction of sp³-hybridized carbons (Fsp3) is 0.100. The van der Waals surface area contributed by atoms with Crippen LogP contribution in [0.5, 0.6) is 0 Å². The molecular formula is C30H22ClF2N3O3. The molecule has 0 unspecified atom stereocenters. The number of benzene rings is 4. The van der Waals surface area contributed by atoms with Crippen LogP contribution in [0.1, 0.15) is 47.8 Å². The zero-order valence-electron chi connectivity index (χ0n) is 20.7. The van der Waals surface area contributed by atoms with Gasteiger partial charge in [0.25, 0.3) is 11.8 Å². The van der Waals surface area contributed by atoms with Crippen molar-refractivity contribution in [2.75, 3.05) is 17.7 Å². The lowest BCUT2D eigenvalue weighted by molar-refractivity contribution is 0.0962. The van der Waals surface area contributed by atoms with E-state index in [4.69, 9.17) is 11.6 Å². The molecule has 1 aliphatic carbocycles. The SMILES string of the molecule is CNC(=O)c1ccc2c(c1)C(=O)c1ccc(Nc3cc(NC(=O)c4cccc(Cl)c4)c(F)cc3F)cc1CC2. The number of rotatable bonds is 5. The molecule has 0 heterocycles. The standard InChI is InChI=1S/C30H22ClF2N3O3/c1-34-29(38)19-8-6-16-5-7-17-12-21(9-10-22(17)28(37)23(16)13-19)35-26-15-27(25(33)14-24(26)32)36-30(39)18-3-2-4-20(31)11-18/h2-4,6,8-15,35H,5,7H2,1H3,(H,34,38)(H,36,39). The number of aryl methyl sites for hydroxylation is 2. The number of halogens is 3. The summed E-state index contributed by atoms with van der Waals surface area (Å²) in [7, 11) is 1.53. The smallest absolute Gasteiger partial charge is 0.255 e. The summed E-state index contributed by atoms with van der Waals surface area (Å²) in [6.07, 6.45) is 1.13. The molecule has 3 N–H and O–H groups in total. The number of hydrogen-bond acceptors (Lipinski definition) is 4. The normalized spacial score (nSPS) is 12.2. The highest BCUT2D eigenvalue weighted by Gasteiger charge is 2.23. The van der Waals surface area contributed by atoms with E-state index in [0.29, 0.717) is 46.3 Å². The van der Waals surface area contributed by atoms with Crippen molar-refractivity contribution in [3.05, 3.63) is 123 Å². The van der Waals surface area contributed by atoms with Crippen molar-refractivity contribution in [2.45, 2.75) is 12.8 Å². The van der Waals surface area contributed by atoms with Crippen LogP contribution in [0.3, 0.4) is 0 Å². The maximum absolute atomic E-state index is 14.7. The van der Waals surface area contributed by atoms with Gasteiger partial charge in [-0.2, -0.15) is 0 Å². The molecule has 0 spiro atoms. The van der Waals surface area contributed by atoms with E-state index in [0.717, 1.165) is 11.1 Å². The third kappa shape index (κ3) is 5.37. The average Bonchev–Trinajstić information content (AvgIpc) is 3.06. The quantitative estimate of drug-likeness (QED) is 0.274. The molecule has 196 valence electrons. The summed E-state index contributed by atoms with van der Waals surface area (Å²) >= 11 is 5.93. The molecular weight excluding hydrogens is 524 g/mol.